The number of ether oxygens (including phenoxy) is 2. The zero-order valence-corrected chi connectivity index (χ0v) is 10.4. The van der Waals surface area contributed by atoms with E-state index >= 15 is 0 Å². The quantitative estimate of drug-likeness (QED) is 0.731. The first kappa shape index (κ1) is 11.6. The lowest BCUT2D eigenvalue weighted by Gasteiger charge is -2.31. The summed E-state index contributed by atoms with van der Waals surface area (Å²) >= 11 is 0. The molecule has 0 radical (unpaired) electrons. The highest BCUT2D eigenvalue weighted by Gasteiger charge is 2.23. The fourth-order valence-electron chi connectivity index (χ4n) is 2.20. The van der Waals surface area contributed by atoms with Gasteiger partial charge in [-0.05, 0) is 36.6 Å². The van der Waals surface area contributed by atoms with Crippen molar-refractivity contribution in [2.45, 2.75) is 25.9 Å². The van der Waals surface area contributed by atoms with Crippen LogP contribution in [0.4, 0.5) is 0 Å². The van der Waals surface area contributed by atoms with Crippen molar-refractivity contribution in [1.29, 1.82) is 5.26 Å². The average molecular weight is 232 g/mol. The molecule has 90 valence electrons. The van der Waals surface area contributed by atoms with Crippen LogP contribution in [0.2, 0.25) is 0 Å². The minimum atomic E-state index is 0.241. The van der Waals surface area contributed by atoms with E-state index in [1.165, 1.54) is 5.56 Å². The summed E-state index contributed by atoms with van der Waals surface area (Å²) in [7, 11) is 3.26. The topological polar surface area (TPSA) is 45.5 Å². The van der Waals surface area contributed by atoms with Gasteiger partial charge in [0.25, 0.3) is 0 Å². The van der Waals surface area contributed by atoms with Crippen molar-refractivity contribution in [2.75, 3.05) is 14.2 Å². The number of hydrogen-bond acceptors (Lipinski definition) is 4. The van der Waals surface area contributed by atoms with Crippen molar-refractivity contribution in [1.82, 2.24) is 4.90 Å². The minimum absolute atomic E-state index is 0.241. The van der Waals surface area contributed by atoms with Gasteiger partial charge in [-0.25, -0.2) is 0 Å². The van der Waals surface area contributed by atoms with Crippen molar-refractivity contribution in [3.05, 3.63) is 23.3 Å². The van der Waals surface area contributed by atoms with Crippen LogP contribution in [-0.2, 0) is 13.0 Å². The number of fused-ring (bicyclic) bond motifs is 1. The molecule has 0 saturated heterocycles. The fourth-order valence-corrected chi connectivity index (χ4v) is 2.20. The summed E-state index contributed by atoms with van der Waals surface area (Å²) in [6.07, 6.45) is 3.09. The highest BCUT2D eigenvalue weighted by molar-refractivity contribution is 5.48. The molecule has 0 bridgehead atoms. The maximum absolute atomic E-state index is 9.03. The van der Waals surface area contributed by atoms with Gasteiger partial charge in [-0.3, -0.25) is 0 Å². The van der Waals surface area contributed by atoms with Gasteiger partial charge in [-0.15, -0.1) is 0 Å². The van der Waals surface area contributed by atoms with Crippen LogP contribution in [-0.4, -0.2) is 25.2 Å². The van der Waals surface area contributed by atoms with Gasteiger partial charge >= 0.3 is 0 Å². The van der Waals surface area contributed by atoms with E-state index in [0.717, 1.165) is 23.5 Å². The van der Waals surface area contributed by atoms with E-state index in [0.29, 0.717) is 6.54 Å². The first-order valence-electron chi connectivity index (χ1n) is 5.59. The first-order valence-corrected chi connectivity index (χ1v) is 5.59. The second kappa shape index (κ2) is 4.54. The molecule has 1 heterocycles. The lowest BCUT2D eigenvalue weighted by molar-refractivity contribution is 0.276. The van der Waals surface area contributed by atoms with E-state index in [2.05, 4.69) is 13.1 Å². The third-order valence-electron chi connectivity index (χ3n) is 3.22. The second-order valence-corrected chi connectivity index (χ2v) is 4.26. The number of nitrogens with zero attached hydrogens (tertiary/aromatic N) is 2. The molecule has 2 rings (SSSR count). The maximum Gasteiger partial charge on any atom is 0.179 e. The van der Waals surface area contributed by atoms with Crippen LogP contribution in [0, 0.1) is 11.5 Å². The highest BCUT2D eigenvalue weighted by atomic mass is 16.5. The Morgan fingerprint density at radius 2 is 1.82 bits per heavy atom. The van der Waals surface area contributed by atoms with Crippen molar-refractivity contribution in [2.24, 2.45) is 0 Å². The smallest absolute Gasteiger partial charge is 0.179 e. The molecule has 1 aliphatic rings. The fraction of sp³-hybridized carbons (Fsp3) is 0.462. The molecule has 17 heavy (non-hydrogen) atoms. The van der Waals surface area contributed by atoms with Crippen LogP contribution in [0.15, 0.2) is 12.1 Å². The zero-order chi connectivity index (χ0) is 12.4. The number of methoxy groups -OCH3 is 2. The van der Waals surface area contributed by atoms with Gasteiger partial charge in [0.2, 0.25) is 0 Å². The summed E-state index contributed by atoms with van der Waals surface area (Å²) in [6.45, 7) is 2.70. The van der Waals surface area contributed by atoms with Gasteiger partial charge in [0, 0.05) is 6.04 Å². The van der Waals surface area contributed by atoms with Crippen LogP contribution in [0.5, 0.6) is 11.5 Å². The molecule has 0 saturated carbocycles. The Morgan fingerprint density at radius 1 is 1.24 bits per heavy atom. The Morgan fingerprint density at radius 3 is 2.35 bits per heavy atom. The molecule has 0 unspecified atom stereocenters. The second-order valence-electron chi connectivity index (χ2n) is 4.26. The number of nitriles is 1. The van der Waals surface area contributed by atoms with E-state index in [-0.39, 0.29) is 6.04 Å². The first-order chi connectivity index (χ1) is 8.19. The van der Waals surface area contributed by atoms with Gasteiger partial charge in [-0.1, -0.05) is 0 Å². The van der Waals surface area contributed by atoms with Crippen molar-refractivity contribution in [3.8, 4) is 17.7 Å². The number of benzene rings is 1. The molecular weight excluding hydrogens is 216 g/mol. The van der Waals surface area contributed by atoms with Crippen LogP contribution in [0.25, 0.3) is 0 Å². The summed E-state index contributed by atoms with van der Waals surface area (Å²) in [5, 5.41) is 9.03. The molecule has 1 aliphatic heterocycles. The summed E-state index contributed by atoms with van der Waals surface area (Å²) < 4.78 is 10.6. The molecule has 0 fully saturated rings. The molecular formula is C13H16N2O2. The van der Waals surface area contributed by atoms with E-state index in [1.807, 2.05) is 12.1 Å². The molecule has 0 N–H and O–H groups in total. The summed E-state index contributed by atoms with van der Waals surface area (Å²) in [5.74, 6) is 1.47. The largest absolute Gasteiger partial charge is 0.493 e. The summed E-state index contributed by atoms with van der Waals surface area (Å²) in [4.78, 5) is 1.79. The van der Waals surface area contributed by atoms with Crippen molar-refractivity contribution in [3.63, 3.8) is 0 Å². The molecule has 0 aromatic heterocycles. The summed E-state index contributed by atoms with van der Waals surface area (Å²) in [6, 6.07) is 4.22. The molecule has 4 nitrogen and oxygen atoms in total. The van der Waals surface area contributed by atoms with Gasteiger partial charge in [0.15, 0.2) is 17.7 Å². The molecule has 0 spiro atoms. The van der Waals surface area contributed by atoms with Gasteiger partial charge in [-0.2, -0.15) is 5.26 Å². The molecule has 4 heteroatoms. The highest BCUT2D eigenvalue weighted by Crippen LogP contribution is 2.34. The van der Waals surface area contributed by atoms with Crippen LogP contribution in [0.3, 0.4) is 0 Å². The molecule has 0 aliphatic carbocycles. The van der Waals surface area contributed by atoms with E-state index in [4.69, 9.17) is 14.7 Å². The van der Waals surface area contributed by atoms with Crippen LogP contribution < -0.4 is 9.47 Å². The Kier molecular flexibility index (Phi) is 3.10. The Labute approximate surface area is 101 Å². The standard InChI is InChI=1S/C13H16N2O2/c1-9-4-10-5-12(16-2)13(17-3)6-11(10)7-15(9)8-14/h5-6,9H,4,7H2,1-3H3/t9-/m1/s1. The Balaban J connectivity index is 2.42. The molecule has 1 atom stereocenters. The lowest BCUT2D eigenvalue weighted by Crippen LogP contribution is -2.34. The van der Waals surface area contributed by atoms with E-state index in [9.17, 15) is 0 Å². The van der Waals surface area contributed by atoms with Gasteiger partial charge in [0.05, 0.1) is 20.8 Å². The third kappa shape index (κ3) is 2.01. The van der Waals surface area contributed by atoms with E-state index < -0.39 is 0 Å². The molecule has 1 aromatic rings. The van der Waals surface area contributed by atoms with Crippen molar-refractivity contribution >= 4 is 0 Å². The van der Waals surface area contributed by atoms with Crippen LogP contribution >= 0.6 is 0 Å². The maximum atomic E-state index is 9.03. The summed E-state index contributed by atoms with van der Waals surface area (Å²) in [5.41, 5.74) is 2.38. The monoisotopic (exact) mass is 232 g/mol. The van der Waals surface area contributed by atoms with Gasteiger partial charge < -0.3 is 14.4 Å². The van der Waals surface area contributed by atoms with Crippen molar-refractivity contribution < 1.29 is 9.47 Å². The minimum Gasteiger partial charge on any atom is -0.493 e. The third-order valence-corrected chi connectivity index (χ3v) is 3.22. The molecule has 0 amide bonds. The van der Waals surface area contributed by atoms with Crippen LogP contribution in [0.1, 0.15) is 18.1 Å². The normalized spacial score (nSPS) is 18.2. The SMILES string of the molecule is COc1cc2c(cc1OC)CN(C#N)[C@H](C)C2. The Hall–Kier alpha value is -1.89. The lowest BCUT2D eigenvalue weighted by atomic mass is 9.94. The number of hydrogen-bond donors (Lipinski definition) is 0. The Bertz CT molecular complexity index is 465. The molecule has 1 aromatic carbocycles. The average Bonchev–Trinajstić information content (AvgIpc) is 2.36. The predicted octanol–water partition coefficient (Wildman–Crippen LogP) is 1.93. The predicted molar refractivity (Wildman–Crippen MR) is 63.9 cm³/mol. The van der Waals surface area contributed by atoms with E-state index in [1.54, 1.807) is 19.1 Å². The number of rotatable bonds is 2. The van der Waals surface area contributed by atoms with Gasteiger partial charge in [0.1, 0.15) is 0 Å². The zero-order valence-electron chi connectivity index (χ0n) is 10.4.